The molecule has 0 atom stereocenters. The topological polar surface area (TPSA) is 82.6 Å². The van der Waals surface area contributed by atoms with Gasteiger partial charge in [0, 0.05) is 5.02 Å². The Bertz CT molecular complexity index is 619. The van der Waals surface area contributed by atoms with Crippen molar-refractivity contribution in [3.05, 3.63) is 46.7 Å². The van der Waals surface area contributed by atoms with E-state index in [0.29, 0.717) is 23.1 Å². The van der Waals surface area contributed by atoms with E-state index in [0.717, 1.165) is 5.56 Å². The fourth-order valence-corrected chi connectivity index (χ4v) is 1.73. The van der Waals surface area contributed by atoms with Crippen LogP contribution in [0.3, 0.4) is 0 Å². The lowest BCUT2D eigenvalue weighted by Gasteiger charge is -2.09. The van der Waals surface area contributed by atoms with Gasteiger partial charge in [-0.25, -0.2) is 9.97 Å². The second kappa shape index (κ2) is 6.72. The Morgan fingerprint density at radius 3 is 3.00 bits per heavy atom. The molecule has 0 amide bonds. The number of benzene rings is 1. The van der Waals surface area contributed by atoms with Crippen LogP contribution in [-0.2, 0) is 11.4 Å². The molecule has 1 aromatic heterocycles. The normalized spacial score (nSPS) is 10.7. The Morgan fingerprint density at radius 1 is 1.40 bits per heavy atom. The van der Waals surface area contributed by atoms with E-state index in [1.54, 1.807) is 6.07 Å². The van der Waals surface area contributed by atoms with E-state index >= 15 is 0 Å². The van der Waals surface area contributed by atoms with Crippen molar-refractivity contribution in [2.45, 2.75) is 6.61 Å². The lowest BCUT2D eigenvalue weighted by Crippen LogP contribution is -2.05. The molecule has 0 aliphatic rings. The van der Waals surface area contributed by atoms with Crippen LogP contribution in [0.25, 0.3) is 0 Å². The largest absolute Gasteiger partial charge is 0.472 e. The van der Waals surface area contributed by atoms with Gasteiger partial charge >= 0.3 is 0 Å². The maximum Gasteiger partial charge on any atom is 0.228 e. The predicted octanol–water partition coefficient (Wildman–Crippen LogP) is 2.27. The molecule has 2 rings (SSSR count). The van der Waals surface area contributed by atoms with Gasteiger partial charge in [0.25, 0.3) is 0 Å². The molecule has 0 aliphatic carbocycles. The van der Waals surface area contributed by atoms with Crippen molar-refractivity contribution in [1.82, 2.24) is 9.97 Å². The molecule has 2 aromatic rings. The van der Waals surface area contributed by atoms with E-state index in [1.807, 2.05) is 18.2 Å². The summed E-state index contributed by atoms with van der Waals surface area (Å²) in [5, 5.41) is 4.29. The SMILES string of the molecule is CO/N=C/c1c(N)ncnc1OCc1cccc(Cl)c1. The summed E-state index contributed by atoms with van der Waals surface area (Å²) in [5.41, 5.74) is 7.15. The summed E-state index contributed by atoms with van der Waals surface area (Å²) in [7, 11) is 1.43. The van der Waals surface area contributed by atoms with Crippen molar-refractivity contribution in [3.63, 3.8) is 0 Å². The van der Waals surface area contributed by atoms with Crippen molar-refractivity contribution in [2.24, 2.45) is 5.16 Å². The van der Waals surface area contributed by atoms with Crippen molar-refractivity contribution in [2.75, 3.05) is 12.8 Å². The third-order valence-electron chi connectivity index (χ3n) is 2.43. The van der Waals surface area contributed by atoms with E-state index in [1.165, 1.54) is 19.7 Å². The number of oxime groups is 1. The molecule has 20 heavy (non-hydrogen) atoms. The quantitative estimate of drug-likeness (QED) is 0.675. The number of nitrogen functional groups attached to an aromatic ring is 1. The first-order chi connectivity index (χ1) is 9.70. The minimum atomic E-state index is 0.266. The number of halogens is 1. The van der Waals surface area contributed by atoms with Crippen molar-refractivity contribution < 1.29 is 9.57 Å². The van der Waals surface area contributed by atoms with Crippen LogP contribution in [0.2, 0.25) is 5.02 Å². The summed E-state index contributed by atoms with van der Waals surface area (Å²) in [4.78, 5) is 12.5. The van der Waals surface area contributed by atoms with Gasteiger partial charge in [-0.3, -0.25) is 0 Å². The van der Waals surface area contributed by atoms with Crippen LogP contribution in [-0.4, -0.2) is 23.3 Å². The molecule has 0 unspecified atom stereocenters. The summed E-state index contributed by atoms with van der Waals surface area (Å²) >= 11 is 5.91. The van der Waals surface area contributed by atoms with Gasteiger partial charge in [0.15, 0.2) is 0 Å². The van der Waals surface area contributed by atoms with Gasteiger partial charge in [0.2, 0.25) is 5.88 Å². The van der Waals surface area contributed by atoms with E-state index < -0.39 is 0 Å². The lowest BCUT2D eigenvalue weighted by molar-refractivity contribution is 0.215. The number of rotatable bonds is 5. The first kappa shape index (κ1) is 14.1. The molecule has 1 aromatic carbocycles. The van der Waals surface area contributed by atoms with E-state index in [9.17, 15) is 0 Å². The van der Waals surface area contributed by atoms with Crippen LogP contribution in [0.5, 0.6) is 5.88 Å². The maximum atomic E-state index is 5.91. The number of anilines is 1. The van der Waals surface area contributed by atoms with Crippen LogP contribution in [0.15, 0.2) is 35.7 Å². The number of aromatic nitrogens is 2. The molecule has 0 spiro atoms. The molecule has 0 saturated heterocycles. The molecular formula is C13H13ClN4O2. The third-order valence-corrected chi connectivity index (χ3v) is 2.67. The molecular weight excluding hydrogens is 280 g/mol. The van der Waals surface area contributed by atoms with Gasteiger partial charge in [-0.05, 0) is 17.7 Å². The fraction of sp³-hybridized carbons (Fsp3) is 0.154. The van der Waals surface area contributed by atoms with Crippen LogP contribution in [0.1, 0.15) is 11.1 Å². The third kappa shape index (κ3) is 3.58. The van der Waals surface area contributed by atoms with E-state index in [4.69, 9.17) is 22.1 Å². The summed E-state index contributed by atoms with van der Waals surface area (Å²) in [6, 6.07) is 7.36. The molecule has 0 saturated carbocycles. The number of nitrogens with zero attached hydrogens (tertiary/aromatic N) is 3. The second-order valence-corrected chi connectivity index (χ2v) is 4.25. The van der Waals surface area contributed by atoms with E-state index in [-0.39, 0.29) is 5.82 Å². The highest BCUT2D eigenvalue weighted by Crippen LogP contribution is 2.19. The zero-order valence-electron chi connectivity index (χ0n) is 10.8. The Kier molecular flexibility index (Phi) is 4.73. The molecule has 0 fully saturated rings. The summed E-state index contributed by atoms with van der Waals surface area (Å²) in [5.74, 6) is 0.597. The molecule has 2 N–H and O–H groups in total. The summed E-state index contributed by atoms with van der Waals surface area (Å²) in [6.07, 6.45) is 2.73. The smallest absolute Gasteiger partial charge is 0.228 e. The number of hydrogen-bond donors (Lipinski definition) is 1. The number of hydrogen-bond acceptors (Lipinski definition) is 6. The van der Waals surface area contributed by atoms with Crippen LogP contribution >= 0.6 is 11.6 Å². The molecule has 104 valence electrons. The van der Waals surface area contributed by atoms with Gasteiger partial charge < -0.3 is 15.3 Å². The predicted molar refractivity (Wildman–Crippen MR) is 76.8 cm³/mol. The standard InChI is InChI=1S/C13H13ClN4O2/c1-19-18-6-11-12(15)16-8-17-13(11)20-7-9-3-2-4-10(14)5-9/h2-6,8H,7H2,1H3,(H2,15,16,17)/b18-6+. The summed E-state index contributed by atoms with van der Waals surface area (Å²) in [6.45, 7) is 0.310. The van der Waals surface area contributed by atoms with Gasteiger partial charge in [0.1, 0.15) is 31.4 Å². The minimum absolute atomic E-state index is 0.266. The number of ether oxygens (including phenoxy) is 1. The number of nitrogens with two attached hydrogens (primary N) is 1. The zero-order valence-corrected chi connectivity index (χ0v) is 11.5. The highest BCUT2D eigenvalue weighted by Gasteiger charge is 2.09. The van der Waals surface area contributed by atoms with Gasteiger partial charge in [-0.1, -0.05) is 28.9 Å². The van der Waals surface area contributed by atoms with Crippen LogP contribution in [0.4, 0.5) is 5.82 Å². The van der Waals surface area contributed by atoms with Gasteiger partial charge in [-0.15, -0.1) is 0 Å². The highest BCUT2D eigenvalue weighted by atomic mass is 35.5. The Labute approximate surface area is 121 Å². The van der Waals surface area contributed by atoms with Gasteiger partial charge in [0.05, 0.1) is 6.21 Å². The van der Waals surface area contributed by atoms with Crippen LogP contribution in [0, 0.1) is 0 Å². The van der Waals surface area contributed by atoms with Crippen LogP contribution < -0.4 is 10.5 Å². The fourth-order valence-electron chi connectivity index (χ4n) is 1.51. The zero-order chi connectivity index (χ0) is 14.4. The van der Waals surface area contributed by atoms with Crippen molar-refractivity contribution in [3.8, 4) is 5.88 Å². The van der Waals surface area contributed by atoms with Crippen molar-refractivity contribution in [1.29, 1.82) is 0 Å². The average Bonchev–Trinajstić information content (AvgIpc) is 2.44. The first-order valence-corrected chi connectivity index (χ1v) is 6.12. The Morgan fingerprint density at radius 2 is 2.25 bits per heavy atom. The van der Waals surface area contributed by atoms with Crippen molar-refractivity contribution >= 4 is 23.6 Å². The monoisotopic (exact) mass is 292 g/mol. The lowest BCUT2D eigenvalue weighted by atomic mass is 10.2. The maximum absolute atomic E-state index is 5.91. The first-order valence-electron chi connectivity index (χ1n) is 5.75. The molecule has 0 radical (unpaired) electrons. The Balaban J connectivity index is 2.17. The van der Waals surface area contributed by atoms with Gasteiger partial charge in [-0.2, -0.15) is 0 Å². The minimum Gasteiger partial charge on any atom is -0.472 e. The highest BCUT2D eigenvalue weighted by molar-refractivity contribution is 6.30. The second-order valence-electron chi connectivity index (χ2n) is 3.81. The Hall–Kier alpha value is -2.34. The molecule has 0 aliphatic heterocycles. The summed E-state index contributed by atoms with van der Waals surface area (Å²) < 4.78 is 5.62. The molecule has 6 nitrogen and oxygen atoms in total. The van der Waals surface area contributed by atoms with E-state index in [2.05, 4.69) is 20.0 Å². The molecule has 0 bridgehead atoms. The molecule has 1 heterocycles. The average molecular weight is 293 g/mol. The molecule has 7 heteroatoms.